The summed E-state index contributed by atoms with van der Waals surface area (Å²) in [5.74, 6) is -0.0167. The molecular formula is C31H28F3N5O. The van der Waals surface area contributed by atoms with Crippen LogP contribution in [0.3, 0.4) is 0 Å². The molecular weight excluding hydrogens is 515 g/mol. The second-order valence-electron chi connectivity index (χ2n) is 10.3. The summed E-state index contributed by atoms with van der Waals surface area (Å²) < 4.78 is 37.7. The summed E-state index contributed by atoms with van der Waals surface area (Å²) in [5.41, 5.74) is 13.7. The Morgan fingerprint density at radius 3 is 2.10 bits per heavy atom. The molecule has 0 radical (unpaired) electrons. The number of anilines is 2. The van der Waals surface area contributed by atoms with Gasteiger partial charge >= 0.3 is 6.18 Å². The number of piperazine rings is 1. The number of fused-ring (bicyclic) bond motifs is 3. The maximum absolute atomic E-state index is 13.6. The van der Waals surface area contributed by atoms with Crippen molar-refractivity contribution >= 4 is 17.4 Å². The number of benzene rings is 3. The molecule has 1 aliphatic heterocycles. The Morgan fingerprint density at radius 2 is 1.43 bits per heavy atom. The van der Waals surface area contributed by atoms with Crippen molar-refractivity contribution < 1.29 is 18.0 Å². The van der Waals surface area contributed by atoms with Crippen molar-refractivity contribution in [2.24, 2.45) is 0 Å². The second-order valence-corrected chi connectivity index (χ2v) is 10.3. The van der Waals surface area contributed by atoms with Crippen LogP contribution in [-0.2, 0) is 0 Å². The van der Waals surface area contributed by atoms with E-state index in [0.717, 1.165) is 33.5 Å². The summed E-state index contributed by atoms with van der Waals surface area (Å²) >= 11 is 0. The van der Waals surface area contributed by atoms with Gasteiger partial charge in [-0.15, -0.1) is 0 Å². The lowest BCUT2D eigenvalue weighted by atomic mass is 9.96. The number of nitrogen functional groups attached to an aromatic ring is 1. The van der Waals surface area contributed by atoms with Crippen molar-refractivity contribution in [1.29, 1.82) is 0 Å². The van der Waals surface area contributed by atoms with Crippen molar-refractivity contribution in [2.75, 3.05) is 43.4 Å². The highest BCUT2D eigenvalue weighted by Crippen LogP contribution is 2.45. The van der Waals surface area contributed by atoms with E-state index in [1.165, 1.54) is 0 Å². The second kappa shape index (κ2) is 10.1. The Labute approximate surface area is 230 Å². The summed E-state index contributed by atoms with van der Waals surface area (Å²) in [4.78, 5) is 26.7. The first-order valence-corrected chi connectivity index (χ1v) is 13.2. The number of nitrogens with two attached hydrogens (primary N) is 1. The highest BCUT2D eigenvalue weighted by molar-refractivity contribution is 6.25. The molecule has 1 saturated heterocycles. The summed E-state index contributed by atoms with van der Waals surface area (Å²) in [6, 6.07) is 21.5. The maximum atomic E-state index is 13.6. The van der Waals surface area contributed by atoms with Gasteiger partial charge in [0, 0.05) is 55.1 Å². The number of hydrogen-bond acceptors (Lipinski definition) is 6. The number of ketones is 1. The van der Waals surface area contributed by atoms with Gasteiger partial charge in [0.2, 0.25) is 5.95 Å². The topological polar surface area (TPSA) is 75.3 Å². The van der Waals surface area contributed by atoms with E-state index in [2.05, 4.69) is 14.9 Å². The van der Waals surface area contributed by atoms with Crippen LogP contribution in [0.25, 0.3) is 33.6 Å². The Hall–Kier alpha value is -4.24. The molecule has 2 heterocycles. The molecule has 40 heavy (non-hydrogen) atoms. The average Bonchev–Trinajstić information content (AvgIpc) is 3.23. The third-order valence-corrected chi connectivity index (χ3v) is 7.65. The molecule has 0 atom stereocenters. The fourth-order valence-corrected chi connectivity index (χ4v) is 5.53. The van der Waals surface area contributed by atoms with Crippen LogP contribution in [0.15, 0.2) is 66.7 Å². The molecule has 2 N–H and O–H groups in total. The SMILES string of the molecule is Cc1ccc(-c2nc(N)nc3c2C(=O)c2cccc(-c4ccc(N5CCN(CCC(F)(F)F)CC5)cc4)c2-3)cc1. The molecule has 0 saturated carbocycles. The molecule has 6 rings (SSSR count). The Bertz CT molecular complexity index is 1570. The van der Waals surface area contributed by atoms with Gasteiger partial charge < -0.3 is 10.6 Å². The van der Waals surface area contributed by atoms with Crippen molar-refractivity contribution in [3.63, 3.8) is 0 Å². The fraction of sp³-hybridized carbons (Fsp3) is 0.258. The zero-order valence-electron chi connectivity index (χ0n) is 22.0. The summed E-state index contributed by atoms with van der Waals surface area (Å²) in [6.07, 6.45) is -4.91. The van der Waals surface area contributed by atoms with Gasteiger partial charge in [-0.2, -0.15) is 13.2 Å². The molecule has 1 aliphatic carbocycles. The number of aryl methyl sites for hydroxylation is 1. The van der Waals surface area contributed by atoms with E-state index in [1.807, 2.05) is 78.6 Å². The number of nitrogens with zero attached hydrogens (tertiary/aromatic N) is 4. The lowest BCUT2D eigenvalue weighted by molar-refractivity contribution is -0.138. The minimum Gasteiger partial charge on any atom is -0.369 e. The zero-order valence-corrected chi connectivity index (χ0v) is 22.0. The van der Waals surface area contributed by atoms with Crippen LogP contribution in [0.4, 0.5) is 24.8 Å². The lowest BCUT2D eigenvalue weighted by Crippen LogP contribution is -2.47. The van der Waals surface area contributed by atoms with Crippen molar-refractivity contribution in [2.45, 2.75) is 19.5 Å². The van der Waals surface area contributed by atoms with Crippen molar-refractivity contribution in [3.05, 3.63) is 83.4 Å². The van der Waals surface area contributed by atoms with Gasteiger partial charge in [-0.25, -0.2) is 9.97 Å². The van der Waals surface area contributed by atoms with E-state index in [-0.39, 0.29) is 18.3 Å². The number of aromatic nitrogens is 2. The minimum absolute atomic E-state index is 0.0370. The first kappa shape index (κ1) is 26.0. The molecule has 9 heteroatoms. The van der Waals surface area contributed by atoms with E-state index in [1.54, 1.807) is 0 Å². The largest absolute Gasteiger partial charge is 0.390 e. The van der Waals surface area contributed by atoms with Crippen LogP contribution in [-0.4, -0.2) is 59.6 Å². The maximum Gasteiger partial charge on any atom is 0.390 e. The van der Waals surface area contributed by atoms with Gasteiger partial charge in [0.15, 0.2) is 5.78 Å². The number of halogens is 3. The van der Waals surface area contributed by atoms with E-state index >= 15 is 0 Å². The molecule has 0 unspecified atom stereocenters. The number of rotatable bonds is 5. The molecule has 1 aromatic heterocycles. The quantitative estimate of drug-likeness (QED) is 0.294. The van der Waals surface area contributed by atoms with Crippen LogP contribution in [0.2, 0.25) is 0 Å². The van der Waals surface area contributed by atoms with Gasteiger partial charge in [-0.1, -0.05) is 60.2 Å². The van der Waals surface area contributed by atoms with Crippen LogP contribution < -0.4 is 10.6 Å². The van der Waals surface area contributed by atoms with Crippen molar-refractivity contribution in [3.8, 4) is 33.6 Å². The molecule has 204 valence electrons. The molecule has 6 nitrogen and oxygen atoms in total. The van der Waals surface area contributed by atoms with E-state index in [0.29, 0.717) is 48.7 Å². The Balaban J connectivity index is 1.29. The Morgan fingerprint density at radius 1 is 0.800 bits per heavy atom. The summed E-state index contributed by atoms with van der Waals surface area (Å²) in [6.45, 7) is 4.55. The molecule has 0 bridgehead atoms. The number of carbonyl (C=O) groups is 1. The third-order valence-electron chi connectivity index (χ3n) is 7.65. The standard InChI is InChI=1S/C31H28F3N5O/c1-19-5-7-21(8-6-19)27-26-28(37-30(35)36-27)25-23(3-2-4-24(25)29(26)40)20-9-11-22(12-10-20)39-17-15-38(16-18-39)14-13-31(32,33)34/h2-12H,13-18H2,1H3,(H2,35,36,37). The monoisotopic (exact) mass is 543 g/mol. The first-order chi connectivity index (χ1) is 19.2. The summed E-state index contributed by atoms with van der Waals surface area (Å²) in [7, 11) is 0. The molecule has 3 aromatic carbocycles. The molecule has 2 aliphatic rings. The van der Waals surface area contributed by atoms with E-state index in [4.69, 9.17) is 5.73 Å². The fourth-order valence-electron chi connectivity index (χ4n) is 5.53. The smallest absolute Gasteiger partial charge is 0.369 e. The molecule has 0 spiro atoms. The lowest BCUT2D eigenvalue weighted by Gasteiger charge is -2.36. The third kappa shape index (κ3) is 4.93. The van der Waals surface area contributed by atoms with Crippen LogP contribution in [0, 0.1) is 6.92 Å². The van der Waals surface area contributed by atoms with Gasteiger partial charge in [0.05, 0.1) is 23.4 Å². The predicted molar refractivity (Wildman–Crippen MR) is 150 cm³/mol. The van der Waals surface area contributed by atoms with Crippen LogP contribution >= 0.6 is 0 Å². The van der Waals surface area contributed by atoms with Crippen molar-refractivity contribution in [1.82, 2.24) is 14.9 Å². The van der Waals surface area contributed by atoms with Crippen LogP contribution in [0.1, 0.15) is 27.9 Å². The van der Waals surface area contributed by atoms with E-state index < -0.39 is 12.6 Å². The molecule has 0 amide bonds. The van der Waals surface area contributed by atoms with Gasteiger partial charge in [0.1, 0.15) is 0 Å². The van der Waals surface area contributed by atoms with Gasteiger partial charge in [-0.3, -0.25) is 9.69 Å². The minimum atomic E-state index is -4.13. The van der Waals surface area contributed by atoms with Gasteiger partial charge in [-0.05, 0) is 30.2 Å². The zero-order chi connectivity index (χ0) is 28.0. The van der Waals surface area contributed by atoms with Crippen LogP contribution in [0.5, 0.6) is 0 Å². The number of alkyl halides is 3. The predicted octanol–water partition coefficient (Wildman–Crippen LogP) is 5.99. The average molecular weight is 544 g/mol. The highest BCUT2D eigenvalue weighted by atomic mass is 19.4. The Kier molecular flexibility index (Phi) is 6.54. The highest BCUT2D eigenvalue weighted by Gasteiger charge is 2.34. The number of carbonyl (C=O) groups excluding carboxylic acids is 1. The number of hydrogen-bond donors (Lipinski definition) is 1. The molecule has 4 aromatic rings. The first-order valence-electron chi connectivity index (χ1n) is 13.2. The summed E-state index contributed by atoms with van der Waals surface area (Å²) in [5, 5.41) is 0. The van der Waals surface area contributed by atoms with E-state index in [9.17, 15) is 18.0 Å². The van der Waals surface area contributed by atoms with Gasteiger partial charge in [0.25, 0.3) is 0 Å². The normalized spacial score (nSPS) is 15.3. The molecule has 1 fully saturated rings.